The summed E-state index contributed by atoms with van der Waals surface area (Å²) in [5.74, 6) is -1.46. The second-order valence-corrected chi connectivity index (χ2v) is 8.67. The van der Waals surface area contributed by atoms with Crippen LogP contribution in [-0.4, -0.2) is 46.0 Å². The number of rotatable bonds is 4. The lowest BCUT2D eigenvalue weighted by atomic mass is 10.2. The average molecular weight is 388 g/mol. The summed E-state index contributed by atoms with van der Waals surface area (Å²) in [5, 5.41) is 1.68. The summed E-state index contributed by atoms with van der Waals surface area (Å²) in [7, 11) is -2.20. The Labute approximate surface area is 149 Å². The van der Waals surface area contributed by atoms with Gasteiger partial charge in [-0.1, -0.05) is 0 Å². The van der Waals surface area contributed by atoms with Crippen molar-refractivity contribution in [3.05, 3.63) is 41.3 Å². The molecule has 0 N–H and O–H groups in total. The van der Waals surface area contributed by atoms with E-state index in [2.05, 4.69) is 0 Å². The van der Waals surface area contributed by atoms with Crippen LogP contribution in [-0.2, 0) is 10.0 Å². The van der Waals surface area contributed by atoms with E-state index in [1.54, 1.807) is 11.4 Å². The van der Waals surface area contributed by atoms with E-state index < -0.39 is 21.7 Å². The number of benzene rings is 1. The Kier molecular flexibility index (Phi) is 5.26. The van der Waals surface area contributed by atoms with Gasteiger partial charge in [0, 0.05) is 37.9 Å². The van der Waals surface area contributed by atoms with Crippen LogP contribution in [0.2, 0.25) is 0 Å². The highest BCUT2D eigenvalue weighted by atomic mass is 32.2. The van der Waals surface area contributed by atoms with E-state index in [9.17, 15) is 17.2 Å². The standard InChI is InChI=1S/C16H18F2N2O3S2/c1-23-15-5-10-24-16(15)25(21,22)20-7-2-6-19(8-9-20)12-3-4-13(17)14(18)11-12/h3-5,10-11H,2,6-9H2,1H3. The Morgan fingerprint density at radius 2 is 1.88 bits per heavy atom. The first-order valence-electron chi connectivity index (χ1n) is 7.75. The fraction of sp³-hybridized carbons (Fsp3) is 0.375. The van der Waals surface area contributed by atoms with Gasteiger partial charge >= 0.3 is 0 Å². The van der Waals surface area contributed by atoms with Gasteiger partial charge in [-0.25, -0.2) is 17.2 Å². The highest BCUT2D eigenvalue weighted by Crippen LogP contribution is 2.32. The van der Waals surface area contributed by atoms with Gasteiger partial charge in [-0.05, 0) is 30.0 Å². The SMILES string of the molecule is COc1ccsc1S(=O)(=O)N1CCCN(c2ccc(F)c(F)c2)CC1. The molecular weight excluding hydrogens is 370 g/mol. The van der Waals surface area contributed by atoms with Crippen LogP contribution in [0.3, 0.4) is 0 Å². The molecular formula is C16H18F2N2O3S2. The maximum atomic E-state index is 13.5. The molecule has 1 aliphatic rings. The number of nitrogens with zero attached hydrogens (tertiary/aromatic N) is 2. The maximum Gasteiger partial charge on any atom is 0.256 e. The number of hydrogen-bond donors (Lipinski definition) is 0. The molecule has 1 aromatic carbocycles. The second kappa shape index (κ2) is 7.27. The Morgan fingerprint density at radius 3 is 2.60 bits per heavy atom. The molecule has 25 heavy (non-hydrogen) atoms. The zero-order chi connectivity index (χ0) is 18.0. The number of ether oxygens (including phenoxy) is 1. The van der Waals surface area contributed by atoms with Crippen molar-refractivity contribution in [1.82, 2.24) is 4.31 Å². The van der Waals surface area contributed by atoms with Gasteiger partial charge in [-0.15, -0.1) is 11.3 Å². The van der Waals surface area contributed by atoms with Crippen LogP contribution >= 0.6 is 11.3 Å². The predicted octanol–water partition coefficient (Wildman–Crippen LogP) is 2.94. The lowest BCUT2D eigenvalue weighted by molar-refractivity contribution is 0.398. The molecule has 0 spiro atoms. The fourth-order valence-electron chi connectivity index (χ4n) is 2.81. The minimum atomic E-state index is -3.64. The van der Waals surface area contributed by atoms with E-state index in [4.69, 9.17) is 4.74 Å². The van der Waals surface area contributed by atoms with Gasteiger partial charge in [-0.3, -0.25) is 0 Å². The van der Waals surface area contributed by atoms with Gasteiger partial charge in [-0.2, -0.15) is 4.31 Å². The van der Waals surface area contributed by atoms with E-state index in [0.29, 0.717) is 37.5 Å². The molecule has 1 fully saturated rings. The zero-order valence-electron chi connectivity index (χ0n) is 13.6. The molecule has 0 radical (unpaired) electrons. The van der Waals surface area contributed by atoms with Crippen LogP contribution in [0.5, 0.6) is 5.75 Å². The summed E-state index contributed by atoms with van der Waals surface area (Å²) >= 11 is 1.12. The number of halogens is 2. The molecule has 1 aliphatic heterocycles. The van der Waals surface area contributed by atoms with Crippen molar-refractivity contribution < 1.29 is 21.9 Å². The summed E-state index contributed by atoms with van der Waals surface area (Å²) in [5.41, 5.74) is 0.548. The first kappa shape index (κ1) is 18.1. The van der Waals surface area contributed by atoms with E-state index in [0.717, 1.165) is 23.5 Å². The van der Waals surface area contributed by atoms with Gasteiger partial charge in [0.15, 0.2) is 15.8 Å². The third-order valence-corrected chi connectivity index (χ3v) is 7.44. The van der Waals surface area contributed by atoms with Crippen molar-refractivity contribution in [2.75, 3.05) is 38.2 Å². The van der Waals surface area contributed by atoms with Crippen molar-refractivity contribution in [3.63, 3.8) is 0 Å². The lowest BCUT2D eigenvalue weighted by Gasteiger charge is -2.23. The predicted molar refractivity (Wildman–Crippen MR) is 92.8 cm³/mol. The van der Waals surface area contributed by atoms with E-state index in [1.807, 2.05) is 4.90 Å². The molecule has 1 aromatic heterocycles. The fourth-order valence-corrected chi connectivity index (χ4v) is 5.70. The summed E-state index contributed by atoms with van der Waals surface area (Å²) in [6.07, 6.45) is 0.589. The minimum Gasteiger partial charge on any atom is -0.494 e. The Balaban J connectivity index is 1.78. The van der Waals surface area contributed by atoms with Gasteiger partial charge in [0.25, 0.3) is 10.0 Å². The molecule has 2 aromatic rings. The van der Waals surface area contributed by atoms with Gasteiger partial charge in [0.05, 0.1) is 7.11 Å². The summed E-state index contributed by atoms with van der Waals surface area (Å²) in [6.45, 7) is 1.60. The van der Waals surface area contributed by atoms with Crippen LogP contribution in [0.15, 0.2) is 33.9 Å². The van der Waals surface area contributed by atoms with Crippen molar-refractivity contribution in [2.24, 2.45) is 0 Å². The molecule has 9 heteroatoms. The summed E-state index contributed by atoms with van der Waals surface area (Å²) in [4.78, 5) is 1.86. The number of hydrogen-bond acceptors (Lipinski definition) is 5. The van der Waals surface area contributed by atoms with E-state index in [-0.39, 0.29) is 10.8 Å². The molecule has 5 nitrogen and oxygen atoms in total. The number of methoxy groups -OCH3 is 1. The van der Waals surface area contributed by atoms with E-state index in [1.165, 1.54) is 17.5 Å². The van der Waals surface area contributed by atoms with Crippen molar-refractivity contribution >= 4 is 27.0 Å². The second-order valence-electron chi connectivity index (χ2n) is 5.62. The molecule has 3 rings (SSSR count). The van der Waals surface area contributed by atoms with Crippen LogP contribution in [0.25, 0.3) is 0 Å². The topological polar surface area (TPSA) is 49.9 Å². The third-order valence-electron chi connectivity index (χ3n) is 4.11. The maximum absolute atomic E-state index is 13.5. The lowest BCUT2D eigenvalue weighted by Crippen LogP contribution is -2.35. The molecule has 0 saturated carbocycles. The van der Waals surface area contributed by atoms with Gasteiger partial charge in [0.2, 0.25) is 0 Å². The average Bonchev–Trinajstić information content (AvgIpc) is 2.94. The molecule has 0 bridgehead atoms. The first-order valence-corrected chi connectivity index (χ1v) is 10.1. The summed E-state index contributed by atoms with van der Waals surface area (Å²) < 4.78 is 59.0. The van der Waals surface area contributed by atoms with Crippen molar-refractivity contribution in [1.29, 1.82) is 0 Å². The van der Waals surface area contributed by atoms with Gasteiger partial charge < -0.3 is 9.64 Å². The monoisotopic (exact) mass is 388 g/mol. The molecule has 2 heterocycles. The number of anilines is 1. The quantitative estimate of drug-likeness (QED) is 0.808. The Bertz CT molecular complexity index is 855. The molecule has 0 atom stereocenters. The van der Waals surface area contributed by atoms with Crippen LogP contribution in [0, 0.1) is 11.6 Å². The molecule has 0 amide bonds. The van der Waals surface area contributed by atoms with Crippen LogP contribution in [0.4, 0.5) is 14.5 Å². The molecule has 0 aliphatic carbocycles. The third kappa shape index (κ3) is 3.63. The normalized spacial score (nSPS) is 16.7. The largest absolute Gasteiger partial charge is 0.494 e. The van der Waals surface area contributed by atoms with E-state index >= 15 is 0 Å². The molecule has 1 saturated heterocycles. The Morgan fingerprint density at radius 1 is 1.08 bits per heavy atom. The Hall–Kier alpha value is -1.71. The molecule has 0 unspecified atom stereocenters. The van der Waals surface area contributed by atoms with Crippen molar-refractivity contribution in [2.45, 2.75) is 10.6 Å². The zero-order valence-corrected chi connectivity index (χ0v) is 15.2. The number of sulfonamides is 1. The number of thiophene rings is 1. The highest BCUT2D eigenvalue weighted by Gasteiger charge is 2.30. The van der Waals surface area contributed by atoms with Crippen molar-refractivity contribution in [3.8, 4) is 5.75 Å². The van der Waals surface area contributed by atoms with Crippen LogP contribution < -0.4 is 9.64 Å². The van der Waals surface area contributed by atoms with Crippen LogP contribution in [0.1, 0.15) is 6.42 Å². The molecule has 136 valence electrons. The highest BCUT2D eigenvalue weighted by molar-refractivity contribution is 7.91. The summed E-state index contributed by atoms with van der Waals surface area (Å²) in [6, 6.07) is 5.36. The smallest absolute Gasteiger partial charge is 0.256 e. The minimum absolute atomic E-state index is 0.191. The van der Waals surface area contributed by atoms with Gasteiger partial charge in [0.1, 0.15) is 5.75 Å². The first-order chi connectivity index (χ1) is 11.9.